The number of hydrogen-bond acceptors (Lipinski definition) is 4. The van der Waals surface area contributed by atoms with E-state index in [1.54, 1.807) is 7.11 Å². The van der Waals surface area contributed by atoms with Gasteiger partial charge in [0.1, 0.15) is 11.6 Å². The van der Waals surface area contributed by atoms with Crippen LogP contribution in [-0.4, -0.2) is 47.9 Å². The average Bonchev–Trinajstić information content (AvgIpc) is 3.06. The summed E-state index contributed by atoms with van der Waals surface area (Å²) in [5.41, 5.74) is 3.28. The van der Waals surface area contributed by atoms with Gasteiger partial charge in [0.05, 0.1) is 30.8 Å². The van der Waals surface area contributed by atoms with Gasteiger partial charge in [-0.1, -0.05) is 12.1 Å². The van der Waals surface area contributed by atoms with Gasteiger partial charge in [-0.05, 0) is 49.2 Å². The van der Waals surface area contributed by atoms with Gasteiger partial charge in [-0.2, -0.15) is 0 Å². The molecule has 2 heterocycles. The number of benzene rings is 2. The molecule has 0 saturated carbocycles. The maximum atomic E-state index is 5.49. The first-order valence-electron chi connectivity index (χ1n) is 9.14. The Labute approximate surface area is 154 Å². The monoisotopic (exact) mass is 351 g/mol. The maximum absolute atomic E-state index is 5.49. The Morgan fingerprint density at radius 3 is 2.42 bits per heavy atom. The highest BCUT2D eigenvalue weighted by molar-refractivity contribution is 5.78. The smallest absolute Gasteiger partial charge is 0.128 e. The number of likely N-dealkylation sites (tertiary alicyclic amines) is 1. The summed E-state index contributed by atoms with van der Waals surface area (Å²) in [6.45, 7) is 2.94. The van der Waals surface area contributed by atoms with E-state index in [-0.39, 0.29) is 0 Å². The molecule has 0 amide bonds. The highest BCUT2D eigenvalue weighted by Crippen LogP contribution is 2.25. The fourth-order valence-electron chi connectivity index (χ4n) is 3.70. The van der Waals surface area contributed by atoms with Crippen LogP contribution in [0.2, 0.25) is 0 Å². The van der Waals surface area contributed by atoms with Crippen LogP contribution in [0.5, 0.6) is 5.75 Å². The van der Waals surface area contributed by atoms with Crippen molar-refractivity contribution in [3.63, 3.8) is 0 Å². The minimum absolute atomic E-state index is 0.395. The van der Waals surface area contributed by atoms with E-state index in [4.69, 9.17) is 14.5 Å². The van der Waals surface area contributed by atoms with E-state index in [9.17, 15) is 0 Å². The van der Waals surface area contributed by atoms with Crippen LogP contribution in [0.1, 0.15) is 18.7 Å². The van der Waals surface area contributed by atoms with Crippen LogP contribution in [0, 0.1) is 0 Å². The first-order valence-corrected chi connectivity index (χ1v) is 9.14. The maximum Gasteiger partial charge on any atom is 0.128 e. The number of para-hydroxylation sites is 2. The van der Waals surface area contributed by atoms with E-state index in [0.717, 1.165) is 60.8 Å². The van der Waals surface area contributed by atoms with Crippen molar-refractivity contribution in [3.8, 4) is 11.4 Å². The summed E-state index contributed by atoms with van der Waals surface area (Å²) in [6, 6.07) is 16.5. The molecule has 1 aliphatic heterocycles. The third-order valence-corrected chi connectivity index (χ3v) is 5.19. The predicted molar refractivity (Wildman–Crippen MR) is 103 cm³/mol. The molecule has 0 spiro atoms. The zero-order chi connectivity index (χ0) is 17.9. The van der Waals surface area contributed by atoms with Gasteiger partial charge in [0.15, 0.2) is 0 Å². The van der Waals surface area contributed by atoms with Gasteiger partial charge in [0, 0.05) is 25.9 Å². The van der Waals surface area contributed by atoms with Gasteiger partial charge >= 0.3 is 0 Å². The van der Waals surface area contributed by atoms with E-state index < -0.39 is 0 Å². The van der Waals surface area contributed by atoms with Gasteiger partial charge in [0.2, 0.25) is 0 Å². The Bertz CT molecular complexity index is 865. The topological polar surface area (TPSA) is 39.5 Å². The second-order valence-electron chi connectivity index (χ2n) is 6.76. The number of piperidine rings is 1. The molecule has 0 bridgehead atoms. The van der Waals surface area contributed by atoms with Crippen LogP contribution in [0.4, 0.5) is 0 Å². The molecule has 2 aromatic carbocycles. The lowest BCUT2D eigenvalue weighted by Crippen LogP contribution is -2.36. The lowest BCUT2D eigenvalue weighted by atomic mass is 10.1. The van der Waals surface area contributed by atoms with Gasteiger partial charge < -0.3 is 9.47 Å². The number of fused-ring (bicyclic) bond motifs is 1. The first-order chi connectivity index (χ1) is 12.8. The van der Waals surface area contributed by atoms with Crippen molar-refractivity contribution >= 4 is 11.0 Å². The molecule has 1 fully saturated rings. The molecular weight excluding hydrogens is 326 g/mol. The van der Waals surface area contributed by atoms with E-state index in [1.165, 1.54) is 0 Å². The highest BCUT2D eigenvalue weighted by atomic mass is 16.5. The van der Waals surface area contributed by atoms with Crippen molar-refractivity contribution in [2.24, 2.45) is 0 Å². The van der Waals surface area contributed by atoms with Crippen LogP contribution in [0.3, 0.4) is 0 Å². The number of aromatic nitrogens is 2. The standard InChI is InChI=1S/C21H25N3O2/c1-25-17-9-7-16(8-10-17)24-20-6-4-3-5-19(20)22-21(24)15-23-13-11-18(26-2)12-14-23/h3-10,18H,11-15H2,1-2H3. The number of ether oxygens (including phenoxy) is 2. The number of nitrogens with zero attached hydrogens (tertiary/aromatic N) is 3. The van der Waals surface area contributed by atoms with Crippen molar-refractivity contribution in [3.05, 3.63) is 54.4 Å². The van der Waals surface area contributed by atoms with Crippen LogP contribution in [0.15, 0.2) is 48.5 Å². The summed E-state index contributed by atoms with van der Waals surface area (Å²) in [4.78, 5) is 7.39. The zero-order valence-electron chi connectivity index (χ0n) is 15.4. The van der Waals surface area contributed by atoms with Crippen molar-refractivity contribution in [2.45, 2.75) is 25.5 Å². The third kappa shape index (κ3) is 3.32. The van der Waals surface area contributed by atoms with Gasteiger partial charge in [-0.15, -0.1) is 0 Å². The van der Waals surface area contributed by atoms with Crippen LogP contribution < -0.4 is 4.74 Å². The average molecular weight is 351 g/mol. The molecule has 0 N–H and O–H groups in total. The van der Waals surface area contributed by atoms with Crippen molar-refractivity contribution in [1.82, 2.24) is 14.5 Å². The van der Waals surface area contributed by atoms with Crippen LogP contribution in [-0.2, 0) is 11.3 Å². The molecule has 26 heavy (non-hydrogen) atoms. The minimum atomic E-state index is 0.395. The molecule has 136 valence electrons. The number of hydrogen-bond donors (Lipinski definition) is 0. The Hall–Kier alpha value is -2.37. The van der Waals surface area contributed by atoms with Crippen molar-refractivity contribution in [2.75, 3.05) is 27.3 Å². The number of rotatable bonds is 5. The second kappa shape index (κ2) is 7.48. The fourth-order valence-corrected chi connectivity index (χ4v) is 3.70. The summed E-state index contributed by atoms with van der Waals surface area (Å²) in [5, 5.41) is 0. The summed E-state index contributed by atoms with van der Waals surface area (Å²) < 4.78 is 13.1. The molecule has 5 nitrogen and oxygen atoms in total. The van der Waals surface area contributed by atoms with Gasteiger partial charge in [-0.3, -0.25) is 9.47 Å². The lowest BCUT2D eigenvalue weighted by Gasteiger charge is -2.30. The van der Waals surface area contributed by atoms with Crippen LogP contribution >= 0.6 is 0 Å². The lowest BCUT2D eigenvalue weighted by molar-refractivity contribution is 0.0380. The highest BCUT2D eigenvalue weighted by Gasteiger charge is 2.21. The third-order valence-electron chi connectivity index (χ3n) is 5.19. The molecule has 0 radical (unpaired) electrons. The molecular formula is C21H25N3O2. The summed E-state index contributed by atoms with van der Waals surface area (Å²) in [6.07, 6.45) is 2.56. The van der Waals surface area contributed by atoms with E-state index in [0.29, 0.717) is 6.10 Å². The summed E-state index contributed by atoms with van der Waals surface area (Å²) in [5.74, 6) is 1.94. The SMILES string of the molecule is COc1ccc(-n2c(CN3CCC(OC)CC3)nc3ccccc32)cc1. The van der Waals surface area contributed by atoms with Gasteiger partial charge in [-0.25, -0.2) is 4.98 Å². The molecule has 1 aromatic heterocycles. The summed E-state index contributed by atoms with van der Waals surface area (Å²) in [7, 11) is 3.50. The Balaban J connectivity index is 1.67. The number of methoxy groups -OCH3 is 2. The molecule has 5 heteroatoms. The second-order valence-corrected chi connectivity index (χ2v) is 6.76. The number of imidazole rings is 1. The molecule has 0 aliphatic carbocycles. The molecule has 1 saturated heterocycles. The Morgan fingerprint density at radius 1 is 1.00 bits per heavy atom. The summed E-state index contributed by atoms with van der Waals surface area (Å²) >= 11 is 0. The zero-order valence-corrected chi connectivity index (χ0v) is 15.4. The predicted octanol–water partition coefficient (Wildman–Crippen LogP) is 3.64. The minimum Gasteiger partial charge on any atom is -0.497 e. The molecule has 4 rings (SSSR count). The van der Waals surface area contributed by atoms with E-state index in [2.05, 4.69) is 39.8 Å². The largest absolute Gasteiger partial charge is 0.497 e. The Morgan fingerprint density at radius 2 is 1.73 bits per heavy atom. The molecule has 1 aliphatic rings. The molecule has 3 aromatic rings. The van der Waals surface area contributed by atoms with Crippen molar-refractivity contribution in [1.29, 1.82) is 0 Å². The van der Waals surface area contributed by atoms with Crippen LogP contribution in [0.25, 0.3) is 16.7 Å². The molecule has 0 unspecified atom stereocenters. The van der Waals surface area contributed by atoms with E-state index >= 15 is 0 Å². The Kier molecular flexibility index (Phi) is 4.91. The van der Waals surface area contributed by atoms with E-state index in [1.807, 2.05) is 25.3 Å². The van der Waals surface area contributed by atoms with Gasteiger partial charge in [0.25, 0.3) is 0 Å². The first kappa shape index (κ1) is 17.1. The normalized spacial score (nSPS) is 16.2. The quantitative estimate of drug-likeness (QED) is 0.703. The fraction of sp³-hybridized carbons (Fsp3) is 0.381. The molecule has 0 atom stereocenters. The van der Waals surface area contributed by atoms with Crippen molar-refractivity contribution < 1.29 is 9.47 Å².